The van der Waals surface area contributed by atoms with Crippen molar-refractivity contribution in [3.63, 3.8) is 0 Å². The van der Waals surface area contributed by atoms with Gasteiger partial charge in [-0.2, -0.15) is 0 Å². The van der Waals surface area contributed by atoms with E-state index in [1.54, 1.807) is 0 Å². The first-order valence-corrected chi connectivity index (χ1v) is 10.4. The lowest BCUT2D eigenvalue weighted by Gasteiger charge is -2.24. The first-order chi connectivity index (χ1) is 13.9. The fourth-order valence-corrected chi connectivity index (χ4v) is 4.46. The van der Waals surface area contributed by atoms with E-state index >= 15 is 0 Å². The molecule has 2 heterocycles. The van der Waals surface area contributed by atoms with Crippen LogP contribution in [0.25, 0.3) is 5.76 Å². The summed E-state index contributed by atoms with van der Waals surface area (Å²) in [6.45, 7) is 2.45. The minimum absolute atomic E-state index is 0.0353. The third-order valence-electron chi connectivity index (χ3n) is 4.83. The minimum atomic E-state index is -0.717. The Balaban J connectivity index is 2.20. The molecule has 1 amide bonds. The molecular formula is C21H22ClNO5S. The van der Waals surface area contributed by atoms with E-state index in [1.807, 2.05) is 24.4 Å². The van der Waals surface area contributed by atoms with Crippen LogP contribution >= 0.6 is 22.9 Å². The molecule has 1 aromatic heterocycles. The van der Waals surface area contributed by atoms with Crippen LogP contribution in [-0.4, -0.2) is 42.5 Å². The van der Waals surface area contributed by atoms with Crippen LogP contribution in [0.4, 0.5) is 0 Å². The normalized spacial score (nSPS) is 18.3. The van der Waals surface area contributed by atoms with Gasteiger partial charge in [0, 0.05) is 17.5 Å². The Morgan fingerprint density at radius 3 is 2.55 bits per heavy atom. The molecule has 1 saturated heterocycles. The summed E-state index contributed by atoms with van der Waals surface area (Å²) in [4.78, 5) is 28.0. The van der Waals surface area contributed by atoms with Gasteiger partial charge in [0.25, 0.3) is 11.7 Å². The summed E-state index contributed by atoms with van der Waals surface area (Å²) in [5.41, 5.74) is 0.265. The minimum Gasteiger partial charge on any atom is -0.507 e. The van der Waals surface area contributed by atoms with Gasteiger partial charge in [-0.05, 0) is 23.9 Å². The van der Waals surface area contributed by atoms with Gasteiger partial charge in [0.1, 0.15) is 17.3 Å². The molecule has 1 aliphatic rings. The van der Waals surface area contributed by atoms with E-state index in [0.717, 1.165) is 17.7 Å². The fraction of sp³-hybridized carbons (Fsp3) is 0.333. The van der Waals surface area contributed by atoms with Crippen molar-refractivity contribution in [3.05, 3.63) is 50.7 Å². The number of halogens is 1. The van der Waals surface area contributed by atoms with Crippen LogP contribution in [0.1, 0.15) is 36.2 Å². The first kappa shape index (κ1) is 21.2. The zero-order chi connectivity index (χ0) is 21.1. The molecule has 8 heteroatoms. The van der Waals surface area contributed by atoms with Crippen molar-refractivity contribution in [1.29, 1.82) is 0 Å². The van der Waals surface area contributed by atoms with Crippen molar-refractivity contribution in [3.8, 4) is 11.5 Å². The van der Waals surface area contributed by atoms with E-state index in [4.69, 9.17) is 21.1 Å². The smallest absolute Gasteiger partial charge is 0.295 e. The zero-order valence-corrected chi connectivity index (χ0v) is 18.0. The summed E-state index contributed by atoms with van der Waals surface area (Å²) < 4.78 is 10.6. The average molecular weight is 436 g/mol. The maximum atomic E-state index is 12.9. The molecule has 0 radical (unpaired) electrons. The van der Waals surface area contributed by atoms with Crippen LogP contribution in [0.2, 0.25) is 5.02 Å². The predicted molar refractivity (Wildman–Crippen MR) is 113 cm³/mol. The van der Waals surface area contributed by atoms with Gasteiger partial charge in [-0.3, -0.25) is 9.59 Å². The summed E-state index contributed by atoms with van der Waals surface area (Å²) >= 11 is 7.66. The number of hydrogen-bond donors (Lipinski definition) is 1. The summed E-state index contributed by atoms with van der Waals surface area (Å²) in [6.07, 6.45) is 1.63. The Hall–Kier alpha value is -2.51. The van der Waals surface area contributed by atoms with Gasteiger partial charge in [0.05, 0.1) is 36.4 Å². The summed E-state index contributed by atoms with van der Waals surface area (Å²) in [5, 5.41) is 13.3. The number of ketones is 1. The van der Waals surface area contributed by atoms with Crippen LogP contribution in [0.3, 0.4) is 0 Å². The molecule has 1 atom stereocenters. The second-order valence-electron chi connectivity index (χ2n) is 6.55. The largest absolute Gasteiger partial charge is 0.507 e. The SMILES string of the molecule is CCCCN1C(=O)C(=O)/C(=C(\O)c2cc(Cl)c(OC)cc2OC)C1c1cccs1. The van der Waals surface area contributed by atoms with Crippen molar-refractivity contribution < 1.29 is 24.2 Å². The van der Waals surface area contributed by atoms with Gasteiger partial charge in [-0.15, -0.1) is 11.3 Å². The number of benzene rings is 1. The van der Waals surface area contributed by atoms with Gasteiger partial charge < -0.3 is 19.5 Å². The maximum Gasteiger partial charge on any atom is 0.295 e. The van der Waals surface area contributed by atoms with Crippen LogP contribution < -0.4 is 9.47 Å². The van der Waals surface area contributed by atoms with Crippen molar-refractivity contribution in [1.82, 2.24) is 4.90 Å². The highest BCUT2D eigenvalue weighted by Crippen LogP contribution is 2.44. The Kier molecular flexibility index (Phi) is 6.49. The van der Waals surface area contributed by atoms with E-state index in [1.165, 1.54) is 42.6 Å². The van der Waals surface area contributed by atoms with Gasteiger partial charge in [0.2, 0.25) is 0 Å². The van der Waals surface area contributed by atoms with Crippen LogP contribution in [-0.2, 0) is 9.59 Å². The molecule has 0 saturated carbocycles. The van der Waals surface area contributed by atoms with Gasteiger partial charge in [-0.25, -0.2) is 0 Å². The molecule has 1 aliphatic heterocycles. The second kappa shape index (κ2) is 8.88. The van der Waals surface area contributed by atoms with Crippen LogP contribution in [0.15, 0.2) is 35.2 Å². The lowest BCUT2D eigenvalue weighted by atomic mass is 9.99. The number of likely N-dealkylation sites (tertiary alicyclic amines) is 1. The Labute approximate surface area is 178 Å². The summed E-state index contributed by atoms with van der Waals surface area (Å²) in [5.74, 6) is -0.989. The van der Waals surface area contributed by atoms with Crippen LogP contribution in [0.5, 0.6) is 11.5 Å². The molecule has 1 fully saturated rings. The van der Waals surface area contributed by atoms with E-state index in [0.29, 0.717) is 12.3 Å². The standard InChI is InChI=1S/C21H22ClNO5S/c1-4-5-8-23-18(16-7-6-9-29-16)17(20(25)21(23)26)19(24)12-10-13(22)15(28-3)11-14(12)27-2/h6-7,9-11,18,24H,4-5,8H2,1-3H3/b19-17-. The number of aliphatic hydroxyl groups excluding tert-OH is 1. The first-order valence-electron chi connectivity index (χ1n) is 9.18. The highest BCUT2D eigenvalue weighted by atomic mass is 35.5. The van der Waals surface area contributed by atoms with Crippen molar-refractivity contribution in [2.75, 3.05) is 20.8 Å². The Morgan fingerprint density at radius 2 is 1.97 bits per heavy atom. The number of aliphatic hydroxyl groups is 1. The van der Waals surface area contributed by atoms with E-state index in [9.17, 15) is 14.7 Å². The number of carbonyl (C=O) groups is 2. The summed E-state index contributed by atoms with van der Waals surface area (Å²) in [7, 11) is 2.91. The average Bonchev–Trinajstić information content (AvgIpc) is 3.33. The van der Waals surface area contributed by atoms with Crippen molar-refractivity contribution in [2.24, 2.45) is 0 Å². The topological polar surface area (TPSA) is 76.1 Å². The monoisotopic (exact) mass is 435 g/mol. The Morgan fingerprint density at radius 1 is 1.24 bits per heavy atom. The third-order valence-corrected chi connectivity index (χ3v) is 6.05. The number of amides is 1. The number of unbranched alkanes of at least 4 members (excludes halogenated alkanes) is 1. The zero-order valence-electron chi connectivity index (χ0n) is 16.4. The number of methoxy groups -OCH3 is 2. The molecule has 1 aromatic carbocycles. The molecule has 0 spiro atoms. The number of rotatable bonds is 7. The molecule has 1 unspecified atom stereocenters. The predicted octanol–water partition coefficient (Wildman–Crippen LogP) is 4.64. The molecule has 0 aliphatic carbocycles. The molecule has 1 N–H and O–H groups in total. The van der Waals surface area contributed by atoms with Crippen molar-refractivity contribution >= 4 is 40.4 Å². The van der Waals surface area contributed by atoms with E-state index in [2.05, 4.69) is 0 Å². The third kappa shape index (κ3) is 3.84. The lowest BCUT2D eigenvalue weighted by Crippen LogP contribution is -2.30. The van der Waals surface area contributed by atoms with Gasteiger partial charge >= 0.3 is 0 Å². The lowest BCUT2D eigenvalue weighted by molar-refractivity contribution is -0.139. The van der Waals surface area contributed by atoms with Gasteiger partial charge in [0.15, 0.2) is 0 Å². The molecule has 6 nitrogen and oxygen atoms in total. The number of thiophene rings is 1. The Bertz CT molecular complexity index is 954. The molecule has 2 aromatic rings. The molecule has 0 bridgehead atoms. The molecule has 3 rings (SSSR count). The van der Waals surface area contributed by atoms with Crippen LogP contribution in [0, 0.1) is 0 Å². The maximum absolute atomic E-state index is 12.9. The molecule has 154 valence electrons. The number of hydrogen-bond acceptors (Lipinski definition) is 6. The van der Waals surface area contributed by atoms with Crippen molar-refractivity contribution in [2.45, 2.75) is 25.8 Å². The summed E-state index contributed by atoms with van der Waals surface area (Å²) in [6, 6.07) is 6.06. The highest BCUT2D eigenvalue weighted by molar-refractivity contribution is 7.10. The van der Waals surface area contributed by atoms with E-state index in [-0.39, 0.29) is 27.7 Å². The van der Waals surface area contributed by atoms with E-state index < -0.39 is 17.7 Å². The fourth-order valence-electron chi connectivity index (χ4n) is 3.37. The highest BCUT2D eigenvalue weighted by Gasteiger charge is 2.46. The second-order valence-corrected chi connectivity index (χ2v) is 7.93. The number of nitrogens with zero attached hydrogens (tertiary/aromatic N) is 1. The molecular weight excluding hydrogens is 414 g/mol. The number of carbonyl (C=O) groups excluding carboxylic acids is 2. The molecule has 29 heavy (non-hydrogen) atoms. The quantitative estimate of drug-likeness (QED) is 0.389. The number of Topliss-reactive ketones (excluding diaryl/α,β-unsaturated/α-hetero) is 1. The van der Waals surface area contributed by atoms with Gasteiger partial charge in [-0.1, -0.05) is 31.0 Å². The number of ether oxygens (including phenoxy) is 2.